The minimum absolute atomic E-state index is 0.143. The molecule has 1 heterocycles. The number of aldehydes is 1. The average Bonchev–Trinajstić information content (AvgIpc) is 2.27. The van der Waals surface area contributed by atoms with Crippen molar-refractivity contribution in [3.63, 3.8) is 0 Å². The van der Waals surface area contributed by atoms with E-state index in [4.69, 9.17) is 0 Å². The maximum Gasteiger partial charge on any atom is 0.296 e. The number of non-ortho nitro benzene ring substituents is 1. The van der Waals surface area contributed by atoms with Gasteiger partial charge < -0.3 is 0 Å². The highest BCUT2D eigenvalue weighted by Crippen LogP contribution is 2.24. The summed E-state index contributed by atoms with van der Waals surface area (Å²) in [5.74, 6) is 0. The molecule has 0 radical (unpaired) electrons. The number of hydrogen-bond acceptors (Lipinski definition) is 4. The maximum absolute atomic E-state index is 10.7. The zero-order valence-electron chi connectivity index (χ0n) is 7.58. The summed E-state index contributed by atoms with van der Waals surface area (Å²) in [6.07, 6.45) is 2.06. The molecule has 2 aromatic rings. The van der Waals surface area contributed by atoms with Crippen LogP contribution in [0.15, 0.2) is 30.5 Å². The SMILES string of the molecule is O=Cc1cc([N+](=O)[O-])c2ncccc2c1. The third-order valence-corrected chi connectivity index (χ3v) is 2.04. The van der Waals surface area contributed by atoms with Crippen LogP contribution in [0.2, 0.25) is 0 Å². The van der Waals surface area contributed by atoms with Crippen LogP contribution < -0.4 is 0 Å². The molecular formula is C10H6N2O3. The molecule has 0 N–H and O–H groups in total. The molecule has 0 aliphatic carbocycles. The van der Waals surface area contributed by atoms with E-state index in [0.717, 1.165) is 0 Å². The molecule has 2 rings (SSSR count). The molecule has 0 aliphatic heterocycles. The Kier molecular flexibility index (Phi) is 2.13. The smallest absolute Gasteiger partial charge is 0.296 e. The molecule has 1 aromatic carbocycles. The van der Waals surface area contributed by atoms with Crippen LogP contribution >= 0.6 is 0 Å². The van der Waals surface area contributed by atoms with E-state index in [1.807, 2.05) is 0 Å². The number of nitro benzene ring substituents is 1. The summed E-state index contributed by atoms with van der Waals surface area (Å²) in [6.45, 7) is 0. The Morgan fingerprint density at radius 3 is 2.87 bits per heavy atom. The Hall–Kier alpha value is -2.30. The summed E-state index contributed by atoms with van der Waals surface area (Å²) in [4.78, 5) is 24.7. The van der Waals surface area contributed by atoms with Crippen LogP contribution in [0.1, 0.15) is 10.4 Å². The van der Waals surface area contributed by atoms with Gasteiger partial charge in [-0.1, -0.05) is 6.07 Å². The topological polar surface area (TPSA) is 73.1 Å². The summed E-state index contributed by atoms with van der Waals surface area (Å²) in [5.41, 5.74) is 0.436. The molecule has 1 aromatic heterocycles. The van der Waals surface area contributed by atoms with E-state index in [1.165, 1.54) is 12.3 Å². The van der Waals surface area contributed by atoms with Crippen LogP contribution in [0.3, 0.4) is 0 Å². The van der Waals surface area contributed by atoms with Gasteiger partial charge in [0.2, 0.25) is 0 Å². The van der Waals surface area contributed by atoms with Crippen LogP contribution in [0, 0.1) is 10.1 Å². The molecule has 5 nitrogen and oxygen atoms in total. The van der Waals surface area contributed by atoms with Crippen LogP contribution in [-0.2, 0) is 0 Å². The van der Waals surface area contributed by atoms with Gasteiger partial charge in [-0.25, -0.2) is 4.98 Å². The van der Waals surface area contributed by atoms with Crippen molar-refractivity contribution in [3.05, 3.63) is 46.1 Å². The highest BCUT2D eigenvalue weighted by Gasteiger charge is 2.14. The quantitative estimate of drug-likeness (QED) is 0.424. The number of carbonyl (C=O) groups is 1. The van der Waals surface area contributed by atoms with Gasteiger partial charge in [0.05, 0.1) is 4.92 Å². The van der Waals surface area contributed by atoms with Gasteiger partial charge in [0.15, 0.2) is 0 Å². The second kappa shape index (κ2) is 3.45. The van der Waals surface area contributed by atoms with Crippen molar-refractivity contribution in [3.8, 4) is 0 Å². The highest BCUT2D eigenvalue weighted by molar-refractivity contribution is 5.92. The second-order valence-corrected chi connectivity index (χ2v) is 2.99. The van der Waals surface area contributed by atoms with Crippen LogP contribution in [0.5, 0.6) is 0 Å². The molecular weight excluding hydrogens is 196 g/mol. The van der Waals surface area contributed by atoms with E-state index in [-0.39, 0.29) is 11.3 Å². The number of benzene rings is 1. The number of nitrogens with zero attached hydrogens (tertiary/aromatic N) is 2. The molecule has 0 saturated heterocycles. The van der Waals surface area contributed by atoms with Gasteiger partial charge in [-0.2, -0.15) is 0 Å². The van der Waals surface area contributed by atoms with Gasteiger partial charge in [0, 0.05) is 23.2 Å². The number of rotatable bonds is 2. The molecule has 0 fully saturated rings. The molecule has 15 heavy (non-hydrogen) atoms. The van der Waals surface area contributed by atoms with Crippen LogP contribution in [-0.4, -0.2) is 16.2 Å². The Labute approximate surface area is 84.5 Å². The van der Waals surface area contributed by atoms with E-state index in [2.05, 4.69) is 4.98 Å². The number of fused-ring (bicyclic) bond motifs is 1. The summed E-state index contributed by atoms with van der Waals surface area (Å²) >= 11 is 0. The number of hydrogen-bond donors (Lipinski definition) is 0. The standard InChI is InChI=1S/C10H6N2O3/c13-6-7-4-8-2-1-3-11-10(8)9(5-7)12(14)15/h1-6H. The summed E-state index contributed by atoms with van der Waals surface area (Å²) in [6, 6.07) is 6.15. The fourth-order valence-electron chi connectivity index (χ4n) is 1.40. The zero-order chi connectivity index (χ0) is 10.8. The van der Waals surface area contributed by atoms with Gasteiger partial charge in [-0.15, -0.1) is 0 Å². The molecule has 5 heteroatoms. The first kappa shape index (κ1) is 9.26. The van der Waals surface area contributed by atoms with Gasteiger partial charge in [0.1, 0.15) is 11.8 Å². The first-order valence-corrected chi connectivity index (χ1v) is 4.20. The first-order chi connectivity index (χ1) is 7.22. The summed E-state index contributed by atoms with van der Waals surface area (Å²) in [7, 11) is 0. The van der Waals surface area contributed by atoms with E-state index >= 15 is 0 Å². The lowest BCUT2D eigenvalue weighted by Gasteiger charge is -1.99. The Balaban J connectivity index is 2.86. The molecule has 0 saturated carbocycles. The minimum atomic E-state index is -0.539. The zero-order valence-corrected chi connectivity index (χ0v) is 7.58. The van der Waals surface area contributed by atoms with Crippen LogP contribution in [0.25, 0.3) is 10.9 Å². The lowest BCUT2D eigenvalue weighted by molar-refractivity contribution is -0.383. The fourth-order valence-corrected chi connectivity index (χ4v) is 1.40. The third-order valence-electron chi connectivity index (χ3n) is 2.04. The van der Waals surface area contributed by atoms with Gasteiger partial charge in [0.25, 0.3) is 5.69 Å². The van der Waals surface area contributed by atoms with E-state index < -0.39 is 4.92 Å². The number of aromatic nitrogens is 1. The number of pyridine rings is 1. The second-order valence-electron chi connectivity index (χ2n) is 2.99. The molecule has 0 unspecified atom stereocenters. The third kappa shape index (κ3) is 1.54. The van der Waals surface area contributed by atoms with E-state index in [9.17, 15) is 14.9 Å². The Bertz CT molecular complexity index is 551. The van der Waals surface area contributed by atoms with E-state index in [0.29, 0.717) is 17.2 Å². The van der Waals surface area contributed by atoms with Crippen molar-refractivity contribution in [2.75, 3.05) is 0 Å². The number of nitro groups is 1. The maximum atomic E-state index is 10.7. The van der Waals surface area contributed by atoms with Crippen molar-refractivity contribution >= 4 is 22.9 Å². The molecule has 0 bridgehead atoms. The summed E-state index contributed by atoms with van der Waals surface area (Å²) in [5, 5.41) is 11.3. The lowest BCUT2D eigenvalue weighted by atomic mass is 10.1. The van der Waals surface area contributed by atoms with Gasteiger partial charge in [-0.3, -0.25) is 14.9 Å². The normalized spacial score (nSPS) is 10.1. The van der Waals surface area contributed by atoms with Crippen LogP contribution in [0.4, 0.5) is 5.69 Å². The largest absolute Gasteiger partial charge is 0.298 e. The molecule has 0 aliphatic rings. The molecule has 74 valence electrons. The molecule has 0 spiro atoms. The van der Waals surface area contributed by atoms with Crippen molar-refractivity contribution in [2.24, 2.45) is 0 Å². The average molecular weight is 202 g/mol. The lowest BCUT2D eigenvalue weighted by Crippen LogP contribution is -1.93. The predicted molar refractivity (Wildman–Crippen MR) is 53.8 cm³/mol. The van der Waals surface area contributed by atoms with Crippen molar-refractivity contribution in [1.82, 2.24) is 4.98 Å². The van der Waals surface area contributed by atoms with Crippen molar-refractivity contribution in [2.45, 2.75) is 0 Å². The van der Waals surface area contributed by atoms with Crippen molar-refractivity contribution in [1.29, 1.82) is 0 Å². The fraction of sp³-hybridized carbons (Fsp3) is 0. The predicted octanol–water partition coefficient (Wildman–Crippen LogP) is 1.96. The summed E-state index contributed by atoms with van der Waals surface area (Å²) < 4.78 is 0. The molecule has 0 atom stereocenters. The highest BCUT2D eigenvalue weighted by atomic mass is 16.6. The van der Waals surface area contributed by atoms with Crippen molar-refractivity contribution < 1.29 is 9.72 Å². The van der Waals surface area contributed by atoms with E-state index in [1.54, 1.807) is 18.2 Å². The Morgan fingerprint density at radius 2 is 2.20 bits per heavy atom. The van der Waals surface area contributed by atoms with Gasteiger partial charge in [-0.05, 0) is 12.1 Å². The minimum Gasteiger partial charge on any atom is -0.298 e. The monoisotopic (exact) mass is 202 g/mol. The van der Waals surface area contributed by atoms with Gasteiger partial charge >= 0.3 is 0 Å². The first-order valence-electron chi connectivity index (χ1n) is 4.20. The number of carbonyl (C=O) groups excluding carboxylic acids is 1. The Morgan fingerprint density at radius 1 is 1.40 bits per heavy atom. The molecule has 0 amide bonds.